The lowest BCUT2D eigenvalue weighted by molar-refractivity contribution is -0.275. The predicted octanol–water partition coefficient (Wildman–Crippen LogP) is 2.30. The molecule has 0 aliphatic carbocycles. The molecule has 0 aromatic heterocycles. The Morgan fingerprint density at radius 2 is 1.96 bits per heavy atom. The molecular weight excluding hydrogens is 323 g/mol. The number of nitrogens with zero attached hydrogens (tertiary/aromatic N) is 2. The molecule has 1 N–H and O–H groups in total. The number of hydrogen-bond donors (Lipinski definition) is 1. The molecule has 0 unspecified atom stereocenters. The van der Waals surface area contributed by atoms with E-state index in [1.54, 1.807) is 12.3 Å². The number of ether oxygens (including phenoxy) is 2. The van der Waals surface area contributed by atoms with Gasteiger partial charge in [0.25, 0.3) is 0 Å². The lowest BCUT2D eigenvalue weighted by Gasteiger charge is -2.29. The minimum Gasteiger partial charge on any atom is -0.498 e. The number of piperazine rings is 1. The Bertz CT molecular complexity index is 586. The second kappa shape index (κ2) is 7.31. The average molecular weight is 343 g/mol. The predicted molar refractivity (Wildman–Crippen MR) is 83.7 cm³/mol. The maximum Gasteiger partial charge on any atom is 0.573 e. The Kier molecular flexibility index (Phi) is 5.15. The van der Waals surface area contributed by atoms with Crippen LogP contribution in [0.2, 0.25) is 0 Å². The third-order valence-electron chi connectivity index (χ3n) is 4.00. The highest BCUT2D eigenvalue weighted by atomic mass is 19.4. The molecule has 3 rings (SSSR count). The lowest BCUT2D eigenvalue weighted by Crippen LogP contribution is -2.43. The molecule has 1 fully saturated rings. The Balaban J connectivity index is 1.83. The van der Waals surface area contributed by atoms with Gasteiger partial charge in [0, 0.05) is 56.2 Å². The fourth-order valence-corrected chi connectivity index (χ4v) is 2.81. The van der Waals surface area contributed by atoms with Crippen LogP contribution in [0.5, 0.6) is 5.75 Å². The molecule has 0 saturated carbocycles. The SMILES string of the molecule is FC(F)(F)Oc1cc(N2C=COCC2)ccc1CN1CCNCC1. The largest absolute Gasteiger partial charge is 0.573 e. The molecule has 2 heterocycles. The van der Waals surface area contributed by atoms with Gasteiger partial charge >= 0.3 is 6.36 Å². The zero-order valence-corrected chi connectivity index (χ0v) is 13.2. The van der Waals surface area contributed by atoms with E-state index in [0.29, 0.717) is 30.9 Å². The van der Waals surface area contributed by atoms with Gasteiger partial charge in [-0.25, -0.2) is 0 Å². The third-order valence-corrected chi connectivity index (χ3v) is 4.00. The first kappa shape index (κ1) is 16.9. The van der Waals surface area contributed by atoms with Crippen LogP contribution in [-0.4, -0.2) is 50.6 Å². The summed E-state index contributed by atoms with van der Waals surface area (Å²) >= 11 is 0. The summed E-state index contributed by atoms with van der Waals surface area (Å²) < 4.78 is 47.7. The van der Waals surface area contributed by atoms with Gasteiger partial charge in [0.2, 0.25) is 0 Å². The smallest absolute Gasteiger partial charge is 0.498 e. The molecular formula is C16H20F3N3O2. The minimum atomic E-state index is -4.71. The van der Waals surface area contributed by atoms with Crippen molar-refractivity contribution in [2.75, 3.05) is 44.2 Å². The fourth-order valence-electron chi connectivity index (χ4n) is 2.81. The van der Waals surface area contributed by atoms with E-state index in [1.807, 2.05) is 11.0 Å². The molecule has 8 heteroatoms. The molecule has 1 aromatic carbocycles. The normalized spacial score (nSPS) is 19.2. The number of alkyl halides is 3. The molecule has 1 aromatic rings. The number of rotatable bonds is 4. The molecule has 0 atom stereocenters. The molecule has 0 bridgehead atoms. The van der Waals surface area contributed by atoms with Gasteiger partial charge < -0.3 is 19.7 Å². The van der Waals surface area contributed by atoms with Gasteiger partial charge in [0.15, 0.2) is 0 Å². The zero-order chi connectivity index (χ0) is 17.0. The van der Waals surface area contributed by atoms with Gasteiger partial charge in [-0.1, -0.05) is 6.07 Å². The Hall–Kier alpha value is -1.93. The van der Waals surface area contributed by atoms with E-state index in [9.17, 15) is 13.2 Å². The molecule has 24 heavy (non-hydrogen) atoms. The Morgan fingerprint density at radius 3 is 2.62 bits per heavy atom. The monoisotopic (exact) mass is 343 g/mol. The number of benzene rings is 1. The van der Waals surface area contributed by atoms with E-state index in [0.717, 1.165) is 26.2 Å². The highest BCUT2D eigenvalue weighted by molar-refractivity contribution is 5.56. The van der Waals surface area contributed by atoms with E-state index in [-0.39, 0.29) is 5.75 Å². The van der Waals surface area contributed by atoms with E-state index >= 15 is 0 Å². The molecule has 0 spiro atoms. The maximum absolute atomic E-state index is 12.8. The molecule has 2 aliphatic heterocycles. The average Bonchev–Trinajstić information content (AvgIpc) is 2.57. The van der Waals surface area contributed by atoms with E-state index in [4.69, 9.17) is 4.74 Å². The standard InChI is InChI=1S/C16H20F3N3O2/c17-16(18,19)24-15-11-14(22-7-9-23-10-8-22)2-1-13(15)12-21-5-3-20-4-6-21/h1-2,7,9,11,20H,3-6,8,10,12H2. The van der Waals surface area contributed by atoms with Crippen molar-refractivity contribution >= 4 is 5.69 Å². The van der Waals surface area contributed by atoms with Crippen LogP contribution >= 0.6 is 0 Å². The summed E-state index contributed by atoms with van der Waals surface area (Å²) in [7, 11) is 0. The van der Waals surface area contributed by atoms with Crippen molar-refractivity contribution in [2.45, 2.75) is 12.9 Å². The van der Waals surface area contributed by atoms with Crippen molar-refractivity contribution in [1.82, 2.24) is 10.2 Å². The minimum absolute atomic E-state index is 0.140. The van der Waals surface area contributed by atoms with Crippen LogP contribution in [0.15, 0.2) is 30.7 Å². The zero-order valence-electron chi connectivity index (χ0n) is 13.2. The summed E-state index contributed by atoms with van der Waals surface area (Å²) in [6.07, 6.45) is -1.48. The summed E-state index contributed by atoms with van der Waals surface area (Å²) in [6, 6.07) is 4.97. The Morgan fingerprint density at radius 1 is 1.17 bits per heavy atom. The van der Waals surface area contributed by atoms with Gasteiger partial charge in [-0.05, 0) is 6.07 Å². The number of halogens is 3. The highest BCUT2D eigenvalue weighted by Crippen LogP contribution is 2.32. The topological polar surface area (TPSA) is 37.0 Å². The van der Waals surface area contributed by atoms with Crippen LogP contribution < -0.4 is 15.0 Å². The van der Waals surface area contributed by atoms with Crippen LogP contribution in [0.3, 0.4) is 0 Å². The number of hydrogen-bond acceptors (Lipinski definition) is 5. The van der Waals surface area contributed by atoms with Crippen LogP contribution in [0.25, 0.3) is 0 Å². The highest BCUT2D eigenvalue weighted by Gasteiger charge is 2.32. The first-order valence-corrected chi connectivity index (χ1v) is 7.88. The molecule has 5 nitrogen and oxygen atoms in total. The van der Waals surface area contributed by atoms with Gasteiger partial charge in [0.05, 0.1) is 12.8 Å². The molecule has 2 aliphatic rings. The first-order chi connectivity index (χ1) is 11.5. The van der Waals surface area contributed by atoms with Crippen molar-refractivity contribution in [1.29, 1.82) is 0 Å². The van der Waals surface area contributed by atoms with Gasteiger partial charge in [0.1, 0.15) is 12.4 Å². The molecule has 132 valence electrons. The van der Waals surface area contributed by atoms with Crippen LogP contribution in [0, 0.1) is 0 Å². The van der Waals surface area contributed by atoms with Crippen LogP contribution in [0.1, 0.15) is 5.56 Å². The van der Waals surface area contributed by atoms with E-state index < -0.39 is 6.36 Å². The molecule has 0 radical (unpaired) electrons. The molecule has 0 amide bonds. The van der Waals surface area contributed by atoms with Gasteiger partial charge in [-0.3, -0.25) is 4.90 Å². The summed E-state index contributed by atoms with van der Waals surface area (Å²) in [5.41, 5.74) is 1.19. The van der Waals surface area contributed by atoms with Crippen molar-refractivity contribution in [2.24, 2.45) is 0 Å². The third kappa shape index (κ3) is 4.55. The van der Waals surface area contributed by atoms with Crippen molar-refractivity contribution in [3.63, 3.8) is 0 Å². The molecule has 1 saturated heterocycles. The van der Waals surface area contributed by atoms with E-state index in [1.165, 1.54) is 12.3 Å². The number of nitrogens with one attached hydrogen (secondary N) is 1. The fraction of sp³-hybridized carbons (Fsp3) is 0.500. The second-order valence-electron chi connectivity index (χ2n) is 5.72. The summed E-state index contributed by atoms with van der Waals surface area (Å²) in [4.78, 5) is 3.95. The number of anilines is 1. The van der Waals surface area contributed by atoms with Crippen LogP contribution in [-0.2, 0) is 11.3 Å². The van der Waals surface area contributed by atoms with Gasteiger partial charge in [-0.15, -0.1) is 13.2 Å². The van der Waals surface area contributed by atoms with Crippen LogP contribution in [0.4, 0.5) is 18.9 Å². The van der Waals surface area contributed by atoms with Crippen molar-refractivity contribution in [3.05, 3.63) is 36.2 Å². The maximum atomic E-state index is 12.8. The first-order valence-electron chi connectivity index (χ1n) is 7.88. The summed E-state index contributed by atoms with van der Waals surface area (Å²) in [6.45, 7) is 4.80. The summed E-state index contributed by atoms with van der Waals surface area (Å²) in [5, 5.41) is 3.23. The van der Waals surface area contributed by atoms with Gasteiger partial charge in [-0.2, -0.15) is 0 Å². The second-order valence-corrected chi connectivity index (χ2v) is 5.72. The quantitative estimate of drug-likeness (QED) is 0.908. The lowest BCUT2D eigenvalue weighted by atomic mass is 10.1. The van der Waals surface area contributed by atoms with Crippen molar-refractivity contribution < 1.29 is 22.6 Å². The Labute approximate surface area is 138 Å². The van der Waals surface area contributed by atoms with Crippen molar-refractivity contribution in [3.8, 4) is 5.75 Å². The summed E-state index contributed by atoms with van der Waals surface area (Å²) in [5.74, 6) is -0.140. The van der Waals surface area contributed by atoms with E-state index in [2.05, 4.69) is 15.0 Å².